The fraction of sp³-hybridized carbons (Fsp3) is 0.357. The van der Waals surface area contributed by atoms with Crippen molar-refractivity contribution in [2.24, 2.45) is 0 Å². The van der Waals surface area contributed by atoms with Gasteiger partial charge >= 0.3 is 0 Å². The van der Waals surface area contributed by atoms with Crippen LogP contribution < -0.4 is 4.74 Å². The second kappa shape index (κ2) is 6.18. The molecule has 0 aliphatic rings. The van der Waals surface area contributed by atoms with Gasteiger partial charge in [0.2, 0.25) is 5.91 Å². The summed E-state index contributed by atoms with van der Waals surface area (Å²) in [6, 6.07) is 9.12. The van der Waals surface area contributed by atoms with Crippen LogP contribution in [0.25, 0.3) is 0 Å². The van der Waals surface area contributed by atoms with E-state index < -0.39 is 0 Å². The summed E-state index contributed by atoms with van der Waals surface area (Å²) in [5.41, 5.74) is 0.687. The Morgan fingerprint density at radius 1 is 1.35 bits per heavy atom. The molecule has 106 valence electrons. The van der Waals surface area contributed by atoms with Crippen molar-refractivity contribution >= 4 is 5.91 Å². The molecule has 2 rings (SSSR count). The lowest BCUT2D eigenvalue weighted by Crippen LogP contribution is -2.30. The van der Waals surface area contributed by atoms with Crippen molar-refractivity contribution in [1.29, 1.82) is 0 Å². The molecule has 1 aromatic carbocycles. The number of carbonyl (C=O) groups excluding carboxylic acids is 1. The van der Waals surface area contributed by atoms with Gasteiger partial charge in [0.25, 0.3) is 0 Å². The van der Waals surface area contributed by atoms with Crippen molar-refractivity contribution in [3.8, 4) is 5.75 Å². The summed E-state index contributed by atoms with van der Waals surface area (Å²) < 4.78 is 7.13. The molecular weight excluding hydrogens is 256 g/mol. The number of ether oxygens (including phenoxy) is 1. The molecule has 1 atom stereocenters. The van der Waals surface area contributed by atoms with E-state index in [0.29, 0.717) is 12.3 Å². The van der Waals surface area contributed by atoms with Crippen LogP contribution in [0.1, 0.15) is 18.7 Å². The minimum atomic E-state index is -0.372. The first-order chi connectivity index (χ1) is 9.58. The van der Waals surface area contributed by atoms with Crippen LogP contribution in [0.3, 0.4) is 0 Å². The highest BCUT2D eigenvalue weighted by atomic mass is 16.5. The fourth-order valence-corrected chi connectivity index (χ4v) is 1.73. The number of aromatic nitrogens is 3. The Morgan fingerprint density at radius 3 is 2.70 bits per heavy atom. The quantitative estimate of drug-likeness (QED) is 0.829. The summed E-state index contributed by atoms with van der Waals surface area (Å²) in [7, 11) is 3.43. The van der Waals surface area contributed by atoms with E-state index in [1.807, 2.05) is 30.3 Å². The van der Waals surface area contributed by atoms with Crippen molar-refractivity contribution in [3.63, 3.8) is 0 Å². The van der Waals surface area contributed by atoms with Gasteiger partial charge in [0.05, 0.1) is 6.20 Å². The van der Waals surface area contributed by atoms with Gasteiger partial charge < -0.3 is 9.64 Å². The van der Waals surface area contributed by atoms with Crippen molar-refractivity contribution < 1.29 is 9.53 Å². The monoisotopic (exact) mass is 274 g/mol. The van der Waals surface area contributed by atoms with E-state index in [9.17, 15) is 4.79 Å². The Kier molecular flexibility index (Phi) is 4.34. The number of nitrogens with zero attached hydrogens (tertiary/aromatic N) is 4. The van der Waals surface area contributed by atoms with Gasteiger partial charge in [-0.05, 0) is 19.1 Å². The van der Waals surface area contributed by atoms with Crippen LogP contribution in [0.15, 0.2) is 36.5 Å². The zero-order valence-electron chi connectivity index (χ0n) is 11.9. The molecule has 6 nitrogen and oxygen atoms in total. The highest BCUT2D eigenvalue weighted by Gasteiger charge is 2.18. The highest BCUT2D eigenvalue weighted by molar-refractivity contribution is 5.79. The lowest BCUT2D eigenvalue weighted by Gasteiger charge is -2.16. The average Bonchev–Trinajstić information content (AvgIpc) is 2.93. The molecule has 0 radical (unpaired) electrons. The average molecular weight is 274 g/mol. The van der Waals surface area contributed by atoms with E-state index in [-0.39, 0.29) is 11.9 Å². The molecule has 1 amide bonds. The van der Waals surface area contributed by atoms with Gasteiger partial charge in [-0.15, -0.1) is 5.10 Å². The lowest BCUT2D eigenvalue weighted by atomic mass is 10.3. The highest BCUT2D eigenvalue weighted by Crippen LogP contribution is 2.12. The molecule has 0 bridgehead atoms. The normalized spacial score (nSPS) is 11.9. The smallest absolute Gasteiger partial charge is 0.246 e. The summed E-state index contributed by atoms with van der Waals surface area (Å²) in [4.78, 5) is 13.4. The third-order valence-corrected chi connectivity index (χ3v) is 2.88. The molecule has 0 saturated heterocycles. The van der Waals surface area contributed by atoms with Crippen LogP contribution in [0.5, 0.6) is 5.75 Å². The number of benzene rings is 1. The molecule has 0 saturated carbocycles. The molecule has 0 spiro atoms. The predicted octanol–water partition coefficient (Wildman–Crippen LogP) is 1.51. The maximum Gasteiger partial charge on any atom is 0.246 e. The van der Waals surface area contributed by atoms with Crippen molar-refractivity contribution in [1.82, 2.24) is 19.9 Å². The van der Waals surface area contributed by atoms with Gasteiger partial charge in [0, 0.05) is 14.1 Å². The van der Waals surface area contributed by atoms with Crippen LogP contribution in [0.4, 0.5) is 0 Å². The molecule has 0 fully saturated rings. The summed E-state index contributed by atoms with van der Waals surface area (Å²) in [5, 5.41) is 7.98. The van der Waals surface area contributed by atoms with E-state index in [4.69, 9.17) is 4.74 Å². The maximum atomic E-state index is 11.8. The number of para-hydroxylation sites is 1. The van der Waals surface area contributed by atoms with Crippen LogP contribution in [-0.4, -0.2) is 39.9 Å². The standard InChI is InChI=1S/C14H18N4O2/c1-11(14(19)17(2)3)18-9-12(15-16-18)10-20-13-7-5-4-6-8-13/h4-9,11H,10H2,1-3H3/t11-/m1/s1. The molecule has 6 heteroatoms. The van der Waals surface area contributed by atoms with Crippen LogP contribution in [0.2, 0.25) is 0 Å². The van der Waals surface area contributed by atoms with Crippen LogP contribution >= 0.6 is 0 Å². The number of hydrogen-bond donors (Lipinski definition) is 0. The third kappa shape index (κ3) is 3.34. The number of hydrogen-bond acceptors (Lipinski definition) is 4. The van der Waals surface area contributed by atoms with Gasteiger partial charge in [-0.2, -0.15) is 0 Å². The Labute approximate surface area is 118 Å². The van der Waals surface area contributed by atoms with Gasteiger partial charge in [-0.25, -0.2) is 4.68 Å². The molecule has 0 aliphatic carbocycles. The summed E-state index contributed by atoms with van der Waals surface area (Å²) in [6.45, 7) is 2.12. The van der Waals surface area contributed by atoms with E-state index in [1.165, 1.54) is 4.90 Å². The largest absolute Gasteiger partial charge is 0.487 e. The first-order valence-electron chi connectivity index (χ1n) is 6.37. The van der Waals surface area contributed by atoms with Crippen molar-refractivity contribution in [2.45, 2.75) is 19.6 Å². The molecule has 1 aromatic heterocycles. The Morgan fingerprint density at radius 2 is 2.05 bits per heavy atom. The first kappa shape index (κ1) is 14.0. The zero-order chi connectivity index (χ0) is 14.5. The van der Waals surface area contributed by atoms with E-state index in [2.05, 4.69) is 10.3 Å². The molecule has 1 heterocycles. The van der Waals surface area contributed by atoms with Gasteiger partial charge in [0.1, 0.15) is 24.1 Å². The third-order valence-electron chi connectivity index (χ3n) is 2.88. The van der Waals surface area contributed by atoms with Crippen LogP contribution in [-0.2, 0) is 11.4 Å². The van der Waals surface area contributed by atoms with Crippen molar-refractivity contribution in [3.05, 3.63) is 42.2 Å². The second-order valence-corrected chi connectivity index (χ2v) is 4.70. The minimum Gasteiger partial charge on any atom is -0.487 e. The summed E-state index contributed by atoms with van der Waals surface area (Å²) in [6.07, 6.45) is 1.73. The number of amides is 1. The molecule has 20 heavy (non-hydrogen) atoms. The number of rotatable bonds is 5. The topological polar surface area (TPSA) is 60.2 Å². The second-order valence-electron chi connectivity index (χ2n) is 4.70. The minimum absolute atomic E-state index is 0.0228. The first-order valence-corrected chi connectivity index (χ1v) is 6.37. The van der Waals surface area contributed by atoms with Crippen LogP contribution in [0, 0.1) is 0 Å². The number of likely N-dealkylation sites (N-methyl/N-ethyl adjacent to an activating group) is 1. The summed E-state index contributed by atoms with van der Waals surface area (Å²) in [5.74, 6) is 0.755. The van der Waals surface area contributed by atoms with Gasteiger partial charge in [-0.1, -0.05) is 23.4 Å². The maximum absolute atomic E-state index is 11.8. The van der Waals surface area contributed by atoms with E-state index in [1.54, 1.807) is 31.9 Å². The van der Waals surface area contributed by atoms with Crippen molar-refractivity contribution in [2.75, 3.05) is 14.1 Å². The number of carbonyl (C=O) groups is 1. The lowest BCUT2D eigenvalue weighted by molar-refractivity contribution is -0.132. The molecule has 0 aliphatic heterocycles. The molecule has 0 N–H and O–H groups in total. The van der Waals surface area contributed by atoms with E-state index in [0.717, 1.165) is 5.75 Å². The van der Waals surface area contributed by atoms with Gasteiger partial charge in [-0.3, -0.25) is 4.79 Å². The predicted molar refractivity (Wildman–Crippen MR) is 74.2 cm³/mol. The Hall–Kier alpha value is -2.37. The van der Waals surface area contributed by atoms with Gasteiger partial charge in [0.15, 0.2) is 0 Å². The fourth-order valence-electron chi connectivity index (χ4n) is 1.73. The summed E-state index contributed by atoms with van der Waals surface area (Å²) >= 11 is 0. The van der Waals surface area contributed by atoms with E-state index >= 15 is 0 Å². The Balaban J connectivity index is 1.97. The zero-order valence-corrected chi connectivity index (χ0v) is 11.9. The molecule has 2 aromatic rings. The molecule has 0 unspecified atom stereocenters. The molecular formula is C14H18N4O2. The SMILES string of the molecule is C[C@H](C(=O)N(C)C)n1cc(COc2ccccc2)nn1. The Bertz CT molecular complexity index is 566.